The molecule has 0 amide bonds. The largest absolute Gasteiger partial charge is 0.488 e. The minimum atomic E-state index is 0.213. The van der Waals surface area contributed by atoms with Crippen molar-refractivity contribution in [2.75, 3.05) is 0 Å². The Kier molecular flexibility index (Phi) is 2.57. The van der Waals surface area contributed by atoms with Gasteiger partial charge in [-0.05, 0) is 30.7 Å². The molecule has 0 N–H and O–H groups in total. The maximum absolute atomic E-state index is 6.07. The van der Waals surface area contributed by atoms with Crippen LogP contribution < -0.4 is 4.74 Å². The summed E-state index contributed by atoms with van der Waals surface area (Å²) in [6, 6.07) is 1.99. The Hall–Kier alpha value is -0.210. The zero-order valence-electron chi connectivity index (χ0n) is 6.70. The van der Waals surface area contributed by atoms with Crippen LogP contribution in [0, 0.1) is 0 Å². The lowest BCUT2D eigenvalue weighted by Gasteiger charge is -2.14. The van der Waals surface area contributed by atoms with Crippen LogP contribution in [0.1, 0.15) is 19.3 Å². The van der Waals surface area contributed by atoms with E-state index in [1.165, 1.54) is 6.42 Å². The smallest absolute Gasteiger partial charge is 0.130 e. The van der Waals surface area contributed by atoms with Crippen molar-refractivity contribution in [1.82, 2.24) is 0 Å². The molecule has 0 bridgehead atoms. The van der Waals surface area contributed by atoms with Gasteiger partial charge < -0.3 is 4.74 Å². The van der Waals surface area contributed by atoms with Crippen molar-refractivity contribution in [3.05, 3.63) is 16.8 Å². The van der Waals surface area contributed by atoms with Crippen LogP contribution in [0.3, 0.4) is 0 Å². The molecule has 1 heterocycles. The number of hydrogen-bond acceptors (Lipinski definition) is 2. The lowest BCUT2D eigenvalue weighted by molar-refractivity contribution is 0.214. The molecular weight excluding hydrogens is 192 g/mol. The van der Waals surface area contributed by atoms with Gasteiger partial charge in [0.2, 0.25) is 0 Å². The molecule has 0 aromatic carbocycles. The first-order valence-corrected chi connectivity index (χ1v) is 5.57. The van der Waals surface area contributed by atoms with Gasteiger partial charge in [0, 0.05) is 5.38 Å². The van der Waals surface area contributed by atoms with Crippen LogP contribution in [0.2, 0.25) is 0 Å². The molecule has 12 heavy (non-hydrogen) atoms. The summed E-state index contributed by atoms with van der Waals surface area (Å²) in [5, 5.41) is 4.25. The molecule has 1 nitrogen and oxygen atoms in total. The number of alkyl halides is 1. The SMILES string of the molecule is ClC1CCCC1Oc1ccsc1. The third-order valence-electron chi connectivity index (χ3n) is 2.15. The highest BCUT2D eigenvalue weighted by Crippen LogP contribution is 2.29. The van der Waals surface area contributed by atoms with Gasteiger partial charge >= 0.3 is 0 Å². The Morgan fingerprint density at radius 1 is 1.50 bits per heavy atom. The molecule has 66 valence electrons. The molecule has 3 heteroatoms. The molecule has 2 rings (SSSR count). The molecule has 2 atom stereocenters. The van der Waals surface area contributed by atoms with Crippen LogP contribution in [-0.4, -0.2) is 11.5 Å². The molecule has 0 spiro atoms. The van der Waals surface area contributed by atoms with Crippen molar-refractivity contribution in [2.45, 2.75) is 30.7 Å². The standard InChI is InChI=1S/C9H11ClOS/c10-8-2-1-3-9(8)11-7-4-5-12-6-7/h4-6,8-9H,1-3H2. The molecule has 0 radical (unpaired) electrons. The minimum absolute atomic E-state index is 0.213. The van der Waals surface area contributed by atoms with E-state index in [9.17, 15) is 0 Å². The minimum Gasteiger partial charge on any atom is -0.488 e. The first-order valence-electron chi connectivity index (χ1n) is 4.19. The maximum Gasteiger partial charge on any atom is 0.130 e. The van der Waals surface area contributed by atoms with Crippen molar-refractivity contribution in [3.63, 3.8) is 0 Å². The molecule has 1 aliphatic rings. The van der Waals surface area contributed by atoms with E-state index in [2.05, 4.69) is 0 Å². The maximum atomic E-state index is 6.07. The molecule has 1 fully saturated rings. The van der Waals surface area contributed by atoms with E-state index in [0.717, 1.165) is 18.6 Å². The highest BCUT2D eigenvalue weighted by molar-refractivity contribution is 7.08. The van der Waals surface area contributed by atoms with Crippen LogP contribution in [0.15, 0.2) is 16.8 Å². The van der Waals surface area contributed by atoms with Gasteiger partial charge in [0.05, 0.1) is 5.38 Å². The van der Waals surface area contributed by atoms with Gasteiger partial charge in [0.1, 0.15) is 11.9 Å². The Bertz CT molecular complexity index is 235. The summed E-state index contributed by atoms with van der Waals surface area (Å²) in [6.07, 6.45) is 3.63. The summed E-state index contributed by atoms with van der Waals surface area (Å²) in [5.41, 5.74) is 0. The summed E-state index contributed by atoms with van der Waals surface area (Å²) < 4.78 is 5.71. The quantitative estimate of drug-likeness (QED) is 0.669. The predicted octanol–water partition coefficient (Wildman–Crippen LogP) is 3.29. The average molecular weight is 203 g/mol. The van der Waals surface area contributed by atoms with Crippen LogP contribution in [0.4, 0.5) is 0 Å². The van der Waals surface area contributed by atoms with Gasteiger partial charge in [-0.1, -0.05) is 0 Å². The summed E-state index contributed by atoms with van der Waals surface area (Å²) in [5.74, 6) is 0.970. The van der Waals surface area contributed by atoms with Gasteiger partial charge in [0.25, 0.3) is 0 Å². The monoisotopic (exact) mass is 202 g/mol. The fraction of sp³-hybridized carbons (Fsp3) is 0.556. The Balaban J connectivity index is 1.95. The van der Waals surface area contributed by atoms with E-state index in [1.807, 2.05) is 16.8 Å². The number of hydrogen-bond donors (Lipinski definition) is 0. The van der Waals surface area contributed by atoms with Crippen LogP contribution >= 0.6 is 22.9 Å². The van der Waals surface area contributed by atoms with E-state index in [0.29, 0.717) is 0 Å². The predicted molar refractivity (Wildman–Crippen MR) is 52.2 cm³/mol. The number of rotatable bonds is 2. The second kappa shape index (κ2) is 3.67. The Labute approximate surface area is 81.3 Å². The van der Waals surface area contributed by atoms with Crippen molar-refractivity contribution in [2.24, 2.45) is 0 Å². The number of halogens is 1. The lowest BCUT2D eigenvalue weighted by Crippen LogP contribution is -2.21. The highest BCUT2D eigenvalue weighted by Gasteiger charge is 2.26. The molecule has 1 aliphatic carbocycles. The fourth-order valence-corrected chi connectivity index (χ4v) is 2.40. The van der Waals surface area contributed by atoms with Crippen LogP contribution in [0.5, 0.6) is 5.75 Å². The third-order valence-corrected chi connectivity index (χ3v) is 3.32. The van der Waals surface area contributed by atoms with E-state index in [-0.39, 0.29) is 11.5 Å². The summed E-state index contributed by atoms with van der Waals surface area (Å²) >= 11 is 7.73. The second-order valence-corrected chi connectivity index (χ2v) is 4.40. The number of thiophene rings is 1. The van der Waals surface area contributed by atoms with E-state index in [4.69, 9.17) is 16.3 Å². The van der Waals surface area contributed by atoms with Gasteiger partial charge in [0.15, 0.2) is 0 Å². The molecule has 1 aromatic rings. The third kappa shape index (κ3) is 1.75. The molecule has 1 aromatic heterocycles. The van der Waals surface area contributed by atoms with E-state index >= 15 is 0 Å². The molecular formula is C9H11ClOS. The number of ether oxygens (including phenoxy) is 1. The summed E-state index contributed by atoms with van der Waals surface area (Å²) in [7, 11) is 0. The topological polar surface area (TPSA) is 9.23 Å². The van der Waals surface area contributed by atoms with E-state index < -0.39 is 0 Å². The van der Waals surface area contributed by atoms with Crippen molar-refractivity contribution >= 4 is 22.9 Å². The molecule has 1 saturated carbocycles. The van der Waals surface area contributed by atoms with Crippen molar-refractivity contribution in [3.8, 4) is 5.75 Å². The van der Waals surface area contributed by atoms with Crippen molar-refractivity contribution < 1.29 is 4.74 Å². The molecule has 0 saturated heterocycles. The highest BCUT2D eigenvalue weighted by atomic mass is 35.5. The zero-order chi connectivity index (χ0) is 8.39. The Morgan fingerprint density at radius 2 is 2.42 bits per heavy atom. The Morgan fingerprint density at radius 3 is 3.00 bits per heavy atom. The first kappa shape index (κ1) is 8.39. The first-order chi connectivity index (χ1) is 5.86. The summed E-state index contributed by atoms with van der Waals surface area (Å²) in [4.78, 5) is 0. The summed E-state index contributed by atoms with van der Waals surface area (Å²) in [6.45, 7) is 0. The van der Waals surface area contributed by atoms with Gasteiger partial charge in [-0.3, -0.25) is 0 Å². The van der Waals surface area contributed by atoms with Gasteiger partial charge in [-0.2, -0.15) is 0 Å². The van der Waals surface area contributed by atoms with Gasteiger partial charge in [-0.25, -0.2) is 0 Å². The normalized spacial score (nSPS) is 29.1. The van der Waals surface area contributed by atoms with Crippen LogP contribution in [0.25, 0.3) is 0 Å². The van der Waals surface area contributed by atoms with Gasteiger partial charge in [-0.15, -0.1) is 22.9 Å². The van der Waals surface area contributed by atoms with Crippen LogP contribution in [-0.2, 0) is 0 Å². The fourth-order valence-electron chi connectivity index (χ4n) is 1.51. The molecule has 2 unspecified atom stereocenters. The van der Waals surface area contributed by atoms with E-state index in [1.54, 1.807) is 11.3 Å². The second-order valence-electron chi connectivity index (χ2n) is 3.06. The molecule has 0 aliphatic heterocycles. The average Bonchev–Trinajstić information content (AvgIpc) is 2.65. The zero-order valence-corrected chi connectivity index (χ0v) is 8.27. The van der Waals surface area contributed by atoms with Crippen molar-refractivity contribution in [1.29, 1.82) is 0 Å². The lowest BCUT2D eigenvalue weighted by atomic mass is 10.3.